The van der Waals surface area contributed by atoms with Crippen molar-refractivity contribution < 1.29 is 13.6 Å². The Morgan fingerprint density at radius 1 is 1.03 bits per heavy atom. The highest BCUT2D eigenvalue weighted by atomic mass is 16.3. The Morgan fingerprint density at radius 3 is 2.63 bits per heavy atom. The van der Waals surface area contributed by atoms with E-state index in [9.17, 15) is 4.79 Å². The monoisotopic (exact) mass is 398 g/mol. The molecule has 5 rings (SSSR count). The van der Waals surface area contributed by atoms with Crippen LogP contribution in [0.3, 0.4) is 0 Å². The summed E-state index contributed by atoms with van der Waals surface area (Å²) in [6.45, 7) is 0. The van der Waals surface area contributed by atoms with E-state index in [0.29, 0.717) is 0 Å². The smallest absolute Gasteiger partial charge is 0.267 e. The summed E-state index contributed by atoms with van der Waals surface area (Å²) in [4.78, 5) is 13.1. The van der Waals surface area contributed by atoms with E-state index in [1.165, 1.54) is 0 Å². The lowest BCUT2D eigenvalue weighted by Gasteiger charge is -2.27. The van der Waals surface area contributed by atoms with Crippen LogP contribution in [-0.2, 0) is 4.79 Å². The maximum Gasteiger partial charge on any atom is 0.267 e. The first-order valence-electron chi connectivity index (χ1n) is 10.2. The lowest BCUT2D eigenvalue weighted by Crippen LogP contribution is -2.30. The second-order valence-corrected chi connectivity index (χ2v) is 7.56. The summed E-state index contributed by atoms with van der Waals surface area (Å²) in [6, 6.07) is 17.1. The number of carbonyl (C=O) groups is 1. The van der Waals surface area contributed by atoms with Crippen molar-refractivity contribution in [2.45, 2.75) is 25.3 Å². The molecule has 0 spiro atoms. The molecular formula is C25H22N2O3. The quantitative estimate of drug-likeness (QED) is 0.529. The van der Waals surface area contributed by atoms with Crippen molar-refractivity contribution in [2.75, 3.05) is 0 Å². The van der Waals surface area contributed by atoms with Gasteiger partial charge < -0.3 is 8.83 Å². The van der Waals surface area contributed by atoms with E-state index in [-0.39, 0.29) is 17.9 Å². The third-order valence-corrected chi connectivity index (χ3v) is 5.64. The van der Waals surface area contributed by atoms with Crippen molar-refractivity contribution in [3.63, 3.8) is 0 Å². The van der Waals surface area contributed by atoms with E-state index in [0.717, 1.165) is 47.6 Å². The molecule has 5 heteroatoms. The minimum absolute atomic E-state index is 0.111. The molecule has 1 fully saturated rings. The number of allylic oxidation sites excluding steroid dienone is 1. The Labute approximate surface area is 175 Å². The van der Waals surface area contributed by atoms with Crippen LogP contribution in [0.2, 0.25) is 0 Å². The average molecular weight is 398 g/mol. The molecule has 2 atom stereocenters. The molecule has 150 valence electrons. The molecule has 1 aliphatic carbocycles. The van der Waals surface area contributed by atoms with E-state index < -0.39 is 0 Å². The van der Waals surface area contributed by atoms with Gasteiger partial charge in [-0.25, -0.2) is 5.01 Å². The highest BCUT2D eigenvalue weighted by molar-refractivity contribution is 6.08. The Balaban J connectivity index is 1.49. The highest BCUT2D eigenvalue weighted by Gasteiger charge is 2.44. The van der Waals surface area contributed by atoms with Gasteiger partial charge in [0.15, 0.2) is 0 Å². The molecule has 30 heavy (non-hydrogen) atoms. The number of hydrogen-bond acceptors (Lipinski definition) is 4. The molecule has 0 unspecified atom stereocenters. The fourth-order valence-electron chi connectivity index (χ4n) is 4.27. The van der Waals surface area contributed by atoms with E-state index in [1.54, 1.807) is 23.6 Å². The van der Waals surface area contributed by atoms with Crippen LogP contribution in [0.4, 0.5) is 0 Å². The Kier molecular flexibility index (Phi) is 4.93. The van der Waals surface area contributed by atoms with E-state index >= 15 is 0 Å². The number of hydrazone groups is 1. The summed E-state index contributed by atoms with van der Waals surface area (Å²) in [7, 11) is 0. The Hall–Kier alpha value is -3.60. The van der Waals surface area contributed by atoms with Crippen molar-refractivity contribution in [3.8, 4) is 0 Å². The Bertz CT molecular complexity index is 1090. The summed E-state index contributed by atoms with van der Waals surface area (Å²) in [5.74, 6) is 1.52. The zero-order valence-electron chi connectivity index (χ0n) is 16.5. The number of fused-ring (bicyclic) bond motifs is 1. The molecule has 1 aliphatic heterocycles. The largest absolute Gasteiger partial charge is 0.467 e. The second-order valence-electron chi connectivity index (χ2n) is 7.56. The van der Waals surface area contributed by atoms with Crippen LogP contribution >= 0.6 is 0 Å². The van der Waals surface area contributed by atoms with Gasteiger partial charge in [0, 0.05) is 12.0 Å². The van der Waals surface area contributed by atoms with Gasteiger partial charge in [-0.15, -0.1) is 0 Å². The van der Waals surface area contributed by atoms with Crippen molar-refractivity contribution in [1.29, 1.82) is 0 Å². The van der Waals surface area contributed by atoms with Crippen molar-refractivity contribution in [2.24, 2.45) is 11.0 Å². The fraction of sp³-hybridized carbons (Fsp3) is 0.200. The Morgan fingerprint density at radius 2 is 1.87 bits per heavy atom. The number of amides is 1. The molecule has 0 bridgehead atoms. The van der Waals surface area contributed by atoms with Gasteiger partial charge in [-0.05, 0) is 66.8 Å². The number of furan rings is 2. The maximum absolute atomic E-state index is 13.1. The van der Waals surface area contributed by atoms with Gasteiger partial charge >= 0.3 is 0 Å². The summed E-state index contributed by atoms with van der Waals surface area (Å²) >= 11 is 0. The summed E-state index contributed by atoms with van der Waals surface area (Å²) in [6.07, 6.45) is 11.7. The zero-order chi connectivity index (χ0) is 20.3. The lowest BCUT2D eigenvalue weighted by molar-refractivity contribution is -0.128. The van der Waals surface area contributed by atoms with Gasteiger partial charge in [0.1, 0.15) is 17.6 Å². The third-order valence-electron chi connectivity index (χ3n) is 5.64. The van der Waals surface area contributed by atoms with Gasteiger partial charge in [-0.2, -0.15) is 5.10 Å². The summed E-state index contributed by atoms with van der Waals surface area (Å²) in [5.41, 5.74) is 3.06. The highest BCUT2D eigenvalue weighted by Crippen LogP contribution is 2.44. The van der Waals surface area contributed by atoms with Crippen LogP contribution in [0, 0.1) is 5.92 Å². The first kappa shape index (κ1) is 18.4. The van der Waals surface area contributed by atoms with Crippen LogP contribution in [0.15, 0.2) is 92.7 Å². The lowest BCUT2D eigenvalue weighted by atomic mass is 9.79. The SMILES string of the molecule is O=C(/C=C\c1ccccc1)N1N=C2/C(=C\c3ccco3)CCC[C@@H]2[C@@H]1c1ccco1. The second kappa shape index (κ2) is 8.03. The van der Waals surface area contributed by atoms with Crippen molar-refractivity contribution >= 4 is 23.8 Å². The molecule has 0 radical (unpaired) electrons. The number of benzene rings is 1. The van der Waals surface area contributed by atoms with Crippen LogP contribution in [0.1, 0.15) is 42.4 Å². The molecule has 2 aliphatic rings. The van der Waals surface area contributed by atoms with E-state index in [1.807, 2.05) is 66.7 Å². The van der Waals surface area contributed by atoms with Crippen LogP contribution in [0.5, 0.6) is 0 Å². The number of hydrogen-bond donors (Lipinski definition) is 0. The molecule has 0 saturated heterocycles. The molecule has 1 aromatic carbocycles. The first-order chi connectivity index (χ1) is 14.8. The van der Waals surface area contributed by atoms with Gasteiger partial charge in [0.2, 0.25) is 0 Å². The number of carbonyl (C=O) groups excluding carboxylic acids is 1. The van der Waals surface area contributed by atoms with Crippen molar-refractivity contribution in [3.05, 3.63) is 95.9 Å². The van der Waals surface area contributed by atoms with Gasteiger partial charge in [0.05, 0.1) is 18.2 Å². The maximum atomic E-state index is 13.1. The normalized spacial score (nSPS) is 22.5. The predicted octanol–water partition coefficient (Wildman–Crippen LogP) is 5.71. The van der Waals surface area contributed by atoms with E-state index in [4.69, 9.17) is 13.9 Å². The molecular weight excluding hydrogens is 376 g/mol. The molecule has 1 amide bonds. The summed E-state index contributed by atoms with van der Waals surface area (Å²) < 4.78 is 11.2. The molecule has 1 saturated carbocycles. The zero-order valence-corrected chi connectivity index (χ0v) is 16.5. The van der Waals surface area contributed by atoms with Crippen LogP contribution < -0.4 is 0 Å². The molecule has 0 N–H and O–H groups in total. The fourth-order valence-corrected chi connectivity index (χ4v) is 4.27. The van der Waals surface area contributed by atoms with Crippen molar-refractivity contribution in [1.82, 2.24) is 5.01 Å². The average Bonchev–Trinajstić information content (AvgIpc) is 3.53. The summed E-state index contributed by atoms with van der Waals surface area (Å²) in [5, 5.41) is 6.38. The van der Waals surface area contributed by atoms with Crippen LogP contribution in [0.25, 0.3) is 12.2 Å². The topological polar surface area (TPSA) is 59.0 Å². The van der Waals surface area contributed by atoms with Crippen LogP contribution in [-0.4, -0.2) is 16.6 Å². The van der Waals surface area contributed by atoms with E-state index in [2.05, 4.69) is 0 Å². The minimum Gasteiger partial charge on any atom is -0.467 e. The van der Waals surface area contributed by atoms with Gasteiger partial charge in [-0.1, -0.05) is 30.3 Å². The molecule has 3 aromatic rings. The standard InChI is InChI=1S/C25H22N2O3/c28-23(14-13-18-7-2-1-3-8-18)27-25(22-12-6-16-30-22)21-11-4-9-19(24(21)26-27)17-20-10-5-15-29-20/h1-3,5-8,10,12-17,21,25H,4,9,11H2/b14-13-,19-17-/t21-,25+/m0/s1. The third kappa shape index (κ3) is 3.54. The minimum atomic E-state index is -0.233. The molecule has 3 heterocycles. The molecule has 5 nitrogen and oxygen atoms in total. The van der Waals surface area contributed by atoms with Gasteiger partial charge in [0.25, 0.3) is 5.91 Å². The van der Waals surface area contributed by atoms with Gasteiger partial charge in [-0.3, -0.25) is 4.79 Å². The first-order valence-corrected chi connectivity index (χ1v) is 10.2. The number of nitrogens with zero attached hydrogens (tertiary/aromatic N) is 2. The number of rotatable bonds is 4. The molecule has 2 aromatic heterocycles. The predicted molar refractivity (Wildman–Crippen MR) is 115 cm³/mol.